The predicted octanol–water partition coefficient (Wildman–Crippen LogP) is 3.55. The molecule has 0 saturated carbocycles. The third-order valence-corrected chi connectivity index (χ3v) is 3.67. The number of hydrogen-bond donors (Lipinski definition) is 1. The molecule has 0 bridgehead atoms. The van der Waals surface area contributed by atoms with Crippen molar-refractivity contribution in [3.63, 3.8) is 0 Å². The summed E-state index contributed by atoms with van der Waals surface area (Å²) >= 11 is 5.02. The number of aromatic amines is 1. The van der Waals surface area contributed by atoms with E-state index in [1.165, 1.54) is 17.1 Å². The Kier molecular flexibility index (Phi) is 5.20. The van der Waals surface area contributed by atoms with Gasteiger partial charge in [-0.05, 0) is 42.0 Å². The highest BCUT2D eigenvalue weighted by Crippen LogP contribution is 2.28. The molecular formula is C17H15FN4O2S. The maximum Gasteiger partial charge on any atom is 0.216 e. The lowest BCUT2D eigenvalue weighted by molar-refractivity contribution is 0.279. The summed E-state index contributed by atoms with van der Waals surface area (Å²) in [7, 11) is 1.54. The predicted molar refractivity (Wildman–Crippen MR) is 94.1 cm³/mol. The summed E-state index contributed by atoms with van der Waals surface area (Å²) in [5.41, 5.74) is 1.27. The van der Waals surface area contributed by atoms with Crippen molar-refractivity contribution < 1.29 is 13.9 Å². The Balaban J connectivity index is 1.75. The molecule has 0 aliphatic rings. The molecule has 0 spiro atoms. The van der Waals surface area contributed by atoms with Crippen LogP contribution in [0, 0.1) is 10.6 Å². The molecule has 8 heteroatoms. The van der Waals surface area contributed by atoms with Crippen molar-refractivity contribution >= 4 is 18.4 Å². The van der Waals surface area contributed by atoms with Crippen LogP contribution in [0.15, 0.2) is 53.9 Å². The van der Waals surface area contributed by atoms with Crippen LogP contribution >= 0.6 is 12.2 Å². The summed E-state index contributed by atoms with van der Waals surface area (Å²) in [6.07, 6.45) is 3.09. The van der Waals surface area contributed by atoms with Crippen LogP contribution in [-0.2, 0) is 6.61 Å². The van der Waals surface area contributed by atoms with Crippen LogP contribution in [0.5, 0.6) is 11.5 Å². The van der Waals surface area contributed by atoms with E-state index in [2.05, 4.69) is 15.3 Å². The van der Waals surface area contributed by atoms with Crippen molar-refractivity contribution in [2.45, 2.75) is 6.61 Å². The average Bonchev–Trinajstić information content (AvgIpc) is 3.04. The van der Waals surface area contributed by atoms with Crippen LogP contribution < -0.4 is 9.47 Å². The second-order valence-corrected chi connectivity index (χ2v) is 5.43. The highest BCUT2D eigenvalue weighted by atomic mass is 32.1. The zero-order chi connectivity index (χ0) is 17.6. The molecule has 0 aliphatic heterocycles. The minimum Gasteiger partial charge on any atom is -0.493 e. The topological polar surface area (TPSA) is 64.4 Å². The fourth-order valence-corrected chi connectivity index (χ4v) is 2.26. The third-order valence-electron chi connectivity index (χ3n) is 3.40. The Bertz CT molecular complexity index is 952. The number of nitrogens with zero attached hydrogens (tertiary/aromatic N) is 3. The number of rotatable bonds is 6. The number of benzene rings is 2. The highest BCUT2D eigenvalue weighted by Gasteiger charge is 2.07. The molecule has 25 heavy (non-hydrogen) atoms. The van der Waals surface area contributed by atoms with Gasteiger partial charge in [-0.2, -0.15) is 14.9 Å². The van der Waals surface area contributed by atoms with Gasteiger partial charge in [-0.25, -0.2) is 4.39 Å². The zero-order valence-electron chi connectivity index (χ0n) is 13.3. The second-order valence-electron chi connectivity index (χ2n) is 5.04. The van der Waals surface area contributed by atoms with Gasteiger partial charge in [0, 0.05) is 5.56 Å². The zero-order valence-corrected chi connectivity index (χ0v) is 14.2. The van der Waals surface area contributed by atoms with Crippen LogP contribution in [0.3, 0.4) is 0 Å². The molecule has 6 nitrogen and oxygen atoms in total. The van der Waals surface area contributed by atoms with Crippen molar-refractivity contribution in [3.8, 4) is 11.5 Å². The van der Waals surface area contributed by atoms with Crippen LogP contribution in [0.25, 0.3) is 0 Å². The van der Waals surface area contributed by atoms with Crippen LogP contribution in [0.4, 0.5) is 4.39 Å². The first-order valence-electron chi connectivity index (χ1n) is 7.38. The maximum atomic E-state index is 13.7. The Morgan fingerprint density at radius 3 is 2.84 bits per heavy atom. The van der Waals surface area contributed by atoms with E-state index in [0.717, 1.165) is 5.56 Å². The molecule has 128 valence electrons. The molecule has 0 radical (unpaired) electrons. The lowest BCUT2D eigenvalue weighted by Gasteiger charge is -2.11. The van der Waals surface area contributed by atoms with Crippen LogP contribution in [-0.4, -0.2) is 28.2 Å². The summed E-state index contributed by atoms with van der Waals surface area (Å²) in [6, 6.07) is 11.8. The van der Waals surface area contributed by atoms with E-state index in [1.807, 2.05) is 6.07 Å². The van der Waals surface area contributed by atoms with Crippen molar-refractivity contribution in [1.82, 2.24) is 14.9 Å². The van der Waals surface area contributed by atoms with Gasteiger partial charge >= 0.3 is 0 Å². The molecule has 2 aromatic carbocycles. The SMILES string of the molecule is COc1cc(/C=N/n2cn[nH]c2=S)ccc1OCc1ccccc1F. The molecule has 0 atom stereocenters. The minimum absolute atomic E-state index is 0.112. The number of halogens is 1. The fraction of sp³-hybridized carbons (Fsp3) is 0.118. The first-order valence-corrected chi connectivity index (χ1v) is 7.79. The number of ether oxygens (including phenoxy) is 2. The summed E-state index contributed by atoms with van der Waals surface area (Å²) < 4.78 is 26.5. The van der Waals surface area contributed by atoms with E-state index in [9.17, 15) is 4.39 Å². The van der Waals surface area contributed by atoms with E-state index in [-0.39, 0.29) is 12.4 Å². The molecule has 0 amide bonds. The summed E-state index contributed by atoms with van der Waals surface area (Å²) in [5, 5.41) is 10.6. The lowest BCUT2D eigenvalue weighted by atomic mass is 10.2. The van der Waals surface area contributed by atoms with Gasteiger partial charge in [0.1, 0.15) is 18.8 Å². The van der Waals surface area contributed by atoms with E-state index >= 15 is 0 Å². The number of aromatic nitrogens is 3. The van der Waals surface area contributed by atoms with Gasteiger partial charge in [0.05, 0.1) is 13.3 Å². The number of H-pyrrole nitrogens is 1. The Hall–Kier alpha value is -3.00. The summed E-state index contributed by atoms with van der Waals surface area (Å²) in [5.74, 6) is 0.737. The monoisotopic (exact) mass is 358 g/mol. The number of hydrogen-bond acceptors (Lipinski definition) is 5. The quantitative estimate of drug-likeness (QED) is 0.541. The first kappa shape index (κ1) is 16.8. The van der Waals surface area contributed by atoms with Crippen molar-refractivity contribution in [2.75, 3.05) is 7.11 Å². The Labute approximate surface area is 148 Å². The molecule has 3 aromatic rings. The van der Waals surface area contributed by atoms with Gasteiger partial charge in [0.15, 0.2) is 11.5 Å². The van der Waals surface area contributed by atoms with Crippen molar-refractivity contribution in [1.29, 1.82) is 0 Å². The van der Waals surface area contributed by atoms with E-state index in [4.69, 9.17) is 21.7 Å². The van der Waals surface area contributed by atoms with Gasteiger partial charge in [-0.3, -0.25) is 5.10 Å². The lowest BCUT2D eigenvalue weighted by Crippen LogP contribution is -2.00. The maximum absolute atomic E-state index is 13.7. The second kappa shape index (κ2) is 7.71. The standard InChI is InChI=1S/C17H15FN4O2S/c1-23-16-8-12(9-20-22-11-19-21-17(22)25)6-7-15(16)24-10-13-4-2-3-5-14(13)18/h2-9,11H,10H2,1H3,(H,21,25)/b20-9+. The van der Waals surface area contributed by atoms with Crippen LogP contribution in [0.1, 0.15) is 11.1 Å². The van der Waals surface area contributed by atoms with Crippen molar-refractivity contribution in [2.24, 2.45) is 5.10 Å². The molecule has 0 unspecified atom stereocenters. The van der Waals surface area contributed by atoms with Gasteiger partial charge in [0.25, 0.3) is 0 Å². The van der Waals surface area contributed by atoms with Gasteiger partial charge in [0.2, 0.25) is 4.77 Å². The van der Waals surface area contributed by atoms with E-state index in [1.54, 1.807) is 43.7 Å². The minimum atomic E-state index is -0.304. The van der Waals surface area contributed by atoms with Gasteiger partial charge in [-0.1, -0.05) is 18.2 Å². The molecule has 3 rings (SSSR count). The molecular weight excluding hydrogens is 343 g/mol. The fourth-order valence-electron chi connectivity index (χ4n) is 2.11. The molecule has 0 aliphatic carbocycles. The van der Waals surface area contributed by atoms with Crippen LogP contribution in [0.2, 0.25) is 0 Å². The number of methoxy groups -OCH3 is 1. The first-order chi connectivity index (χ1) is 12.2. The van der Waals surface area contributed by atoms with Gasteiger partial charge in [-0.15, -0.1) is 0 Å². The largest absolute Gasteiger partial charge is 0.493 e. The third kappa shape index (κ3) is 4.10. The summed E-state index contributed by atoms with van der Waals surface area (Å²) in [4.78, 5) is 0. The van der Waals surface area contributed by atoms with E-state index < -0.39 is 0 Å². The highest BCUT2D eigenvalue weighted by molar-refractivity contribution is 7.71. The van der Waals surface area contributed by atoms with Gasteiger partial charge < -0.3 is 9.47 Å². The smallest absolute Gasteiger partial charge is 0.216 e. The Morgan fingerprint density at radius 2 is 2.12 bits per heavy atom. The normalized spacial score (nSPS) is 11.0. The molecule has 1 heterocycles. The number of nitrogens with one attached hydrogen (secondary N) is 1. The molecule has 1 aromatic heterocycles. The Morgan fingerprint density at radius 1 is 1.28 bits per heavy atom. The molecule has 0 fully saturated rings. The van der Waals surface area contributed by atoms with Crippen molar-refractivity contribution in [3.05, 3.63) is 70.5 Å². The molecule has 0 saturated heterocycles. The molecule has 1 N–H and O–H groups in total. The average molecular weight is 358 g/mol. The van der Waals surface area contributed by atoms with E-state index in [0.29, 0.717) is 21.8 Å². The summed E-state index contributed by atoms with van der Waals surface area (Å²) in [6.45, 7) is 0.112.